The van der Waals surface area contributed by atoms with Gasteiger partial charge < -0.3 is 10.1 Å². The zero-order valence-corrected chi connectivity index (χ0v) is 13.6. The van der Waals surface area contributed by atoms with Crippen molar-refractivity contribution in [2.45, 2.75) is 39.8 Å². The standard InChI is InChI=1S/C15H23BrFNO/c1-5-19-9-15(10(2)3)18-11(4)13-7-6-12(17)8-14(13)16/h6-8,10-11,15,18H,5,9H2,1-4H3. The van der Waals surface area contributed by atoms with E-state index in [0.717, 1.165) is 16.6 Å². The van der Waals surface area contributed by atoms with E-state index in [-0.39, 0.29) is 17.9 Å². The summed E-state index contributed by atoms with van der Waals surface area (Å²) in [6.45, 7) is 9.83. The van der Waals surface area contributed by atoms with E-state index in [0.29, 0.717) is 12.5 Å². The summed E-state index contributed by atoms with van der Waals surface area (Å²) >= 11 is 3.42. The first kappa shape index (κ1) is 16.6. The highest BCUT2D eigenvalue weighted by atomic mass is 79.9. The van der Waals surface area contributed by atoms with Gasteiger partial charge in [-0.1, -0.05) is 35.8 Å². The average Bonchev–Trinajstić information content (AvgIpc) is 2.33. The Kier molecular flexibility index (Phi) is 6.97. The molecule has 0 saturated carbocycles. The zero-order valence-electron chi connectivity index (χ0n) is 12.0. The minimum absolute atomic E-state index is 0.142. The van der Waals surface area contributed by atoms with Crippen molar-refractivity contribution in [2.24, 2.45) is 5.92 Å². The SMILES string of the molecule is CCOCC(NC(C)c1ccc(F)cc1Br)C(C)C. The maximum Gasteiger partial charge on any atom is 0.124 e. The van der Waals surface area contributed by atoms with Crippen LogP contribution in [0.4, 0.5) is 4.39 Å². The number of ether oxygens (including phenoxy) is 1. The molecule has 108 valence electrons. The van der Waals surface area contributed by atoms with Gasteiger partial charge in [-0.05, 0) is 37.5 Å². The summed E-state index contributed by atoms with van der Waals surface area (Å²) in [5.41, 5.74) is 1.06. The van der Waals surface area contributed by atoms with E-state index in [1.54, 1.807) is 0 Å². The summed E-state index contributed by atoms with van der Waals surface area (Å²) in [5, 5.41) is 3.55. The topological polar surface area (TPSA) is 21.3 Å². The number of halogens is 2. The van der Waals surface area contributed by atoms with Crippen LogP contribution < -0.4 is 5.32 Å². The molecule has 0 bridgehead atoms. The molecule has 0 amide bonds. The lowest BCUT2D eigenvalue weighted by Gasteiger charge is -2.27. The number of rotatable bonds is 7. The molecule has 0 saturated heterocycles. The van der Waals surface area contributed by atoms with Gasteiger partial charge in [0.25, 0.3) is 0 Å². The second-order valence-electron chi connectivity index (χ2n) is 5.06. The third-order valence-electron chi connectivity index (χ3n) is 3.20. The highest BCUT2D eigenvalue weighted by molar-refractivity contribution is 9.10. The van der Waals surface area contributed by atoms with Crippen molar-refractivity contribution in [2.75, 3.05) is 13.2 Å². The number of benzene rings is 1. The highest BCUT2D eigenvalue weighted by Gasteiger charge is 2.18. The predicted molar refractivity (Wildman–Crippen MR) is 80.8 cm³/mol. The summed E-state index contributed by atoms with van der Waals surface area (Å²) in [6.07, 6.45) is 0. The maximum absolute atomic E-state index is 13.1. The molecular formula is C15H23BrFNO. The fraction of sp³-hybridized carbons (Fsp3) is 0.600. The van der Waals surface area contributed by atoms with Crippen LogP contribution in [0.5, 0.6) is 0 Å². The van der Waals surface area contributed by atoms with Gasteiger partial charge in [-0.2, -0.15) is 0 Å². The summed E-state index contributed by atoms with van der Waals surface area (Å²) < 4.78 is 19.4. The van der Waals surface area contributed by atoms with E-state index in [2.05, 4.69) is 42.0 Å². The molecule has 1 N–H and O–H groups in total. The first-order valence-electron chi connectivity index (χ1n) is 6.74. The van der Waals surface area contributed by atoms with Crippen molar-refractivity contribution in [1.29, 1.82) is 0 Å². The van der Waals surface area contributed by atoms with Crippen LogP contribution in [0.3, 0.4) is 0 Å². The van der Waals surface area contributed by atoms with Gasteiger partial charge >= 0.3 is 0 Å². The average molecular weight is 332 g/mol. The van der Waals surface area contributed by atoms with Crippen LogP contribution in [0.25, 0.3) is 0 Å². The Morgan fingerprint density at radius 1 is 1.32 bits per heavy atom. The fourth-order valence-electron chi connectivity index (χ4n) is 1.94. The van der Waals surface area contributed by atoms with Crippen LogP contribution in [0.15, 0.2) is 22.7 Å². The highest BCUT2D eigenvalue weighted by Crippen LogP contribution is 2.25. The number of hydrogen-bond donors (Lipinski definition) is 1. The van der Waals surface area contributed by atoms with E-state index in [9.17, 15) is 4.39 Å². The van der Waals surface area contributed by atoms with Crippen molar-refractivity contribution in [3.05, 3.63) is 34.1 Å². The van der Waals surface area contributed by atoms with Gasteiger partial charge in [0, 0.05) is 23.2 Å². The third kappa shape index (κ3) is 5.21. The first-order valence-corrected chi connectivity index (χ1v) is 7.53. The minimum atomic E-state index is -0.224. The Hall–Kier alpha value is -0.450. The van der Waals surface area contributed by atoms with Crippen LogP contribution in [-0.4, -0.2) is 19.3 Å². The van der Waals surface area contributed by atoms with Crippen molar-refractivity contribution in [3.8, 4) is 0 Å². The molecule has 0 fully saturated rings. The summed E-state index contributed by atoms with van der Waals surface area (Å²) in [4.78, 5) is 0. The second-order valence-corrected chi connectivity index (χ2v) is 5.92. The molecule has 0 spiro atoms. The Morgan fingerprint density at radius 3 is 2.53 bits per heavy atom. The first-order chi connectivity index (χ1) is 8.95. The fourth-order valence-corrected chi connectivity index (χ4v) is 2.64. The van der Waals surface area contributed by atoms with Gasteiger partial charge in [-0.25, -0.2) is 4.39 Å². The Morgan fingerprint density at radius 2 is 2.00 bits per heavy atom. The molecular weight excluding hydrogens is 309 g/mol. The molecule has 0 aromatic heterocycles. The summed E-state index contributed by atoms with van der Waals surface area (Å²) in [6, 6.07) is 5.23. The molecule has 0 aliphatic carbocycles. The minimum Gasteiger partial charge on any atom is -0.380 e. The van der Waals surface area contributed by atoms with E-state index in [1.165, 1.54) is 12.1 Å². The van der Waals surface area contributed by atoms with Crippen molar-refractivity contribution in [1.82, 2.24) is 5.32 Å². The molecule has 0 aliphatic rings. The van der Waals surface area contributed by atoms with Crippen LogP contribution in [0.2, 0.25) is 0 Å². The molecule has 0 heterocycles. The van der Waals surface area contributed by atoms with Gasteiger partial charge in [0.1, 0.15) is 5.82 Å². The van der Waals surface area contributed by atoms with Crippen LogP contribution in [0.1, 0.15) is 39.3 Å². The number of hydrogen-bond acceptors (Lipinski definition) is 2. The second kappa shape index (κ2) is 7.98. The molecule has 1 aromatic carbocycles. The molecule has 2 nitrogen and oxygen atoms in total. The van der Waals surface area contributed by atoms with Gasteiger partial charge in [0.2, 0.25) is 0 Å². The van der Waals surface area contributed by atoms with Crippen LogP contribution in [-0.2, 0) is 4.74 Å². The molecule has 1 rings (SSSR count). The molecule has 0 radical (unpaired) electrons. The maximum atomic E-state index is 13.1. The quantitative estimate of drug-likeness (QED) is 0.804. The van der Waals surface area contributed by atoms with E-state index < -0.39 is 0 Å². The monoisotopic (exact) mass is 331 g/mol. The Labute approximate surface area is 123 Å². The van der Waals surface area contributed by atoms with Crippen molar-refractivity contribution < 1.29 is 9.13 Å². The molecule has 2 atom stereocenters. The lowest BCUT2D eigenvalue weighted by atomic mass is 10.0. The van der Waals surface area contributed by atoms with Crippen LogP contribution >= 0.6 is 15.9 Å². The molecule has 2 unspecified atom stereocenters. The zero-order chi connectivity index (χ0) is 14.4. The molecule has 1 aromatic rings. The van der Waals surface area contributed by atoms with Gasteiger partial charge in [0.15, 0.2) is 0 Å². The third-order valence-corrected chi connectivity index (χ3v) is 3.89. The van der Waals surface area contributed by atoms with E-state index in [1.807, 2.05) is 13.0 Å². The smallest absolute Gasteiger partial charge is 0.124 e. The van der Waals surface area contributed by atoms with Gasteiger partial charge in [-0.15, -0.1) is 0 Å². The Balaban J connectivity index is 2.72. The van der Waals surface area contributed by atoms with E-state index >= 15 is 0 Å². The van der Waals surface area contributed by atoms with Crippen LogP contribution in [0, 0.1) is 11.7 Å². The number of nitrogens with one attached hydrogen (secondary N) is 1. The molecule has 0 aliphatic heterocycles. The summed E-state index contributed by atoms with van der Waals surface area (Å²) in [5.74, 6) is 0.255. The lowest BCUT2D eigenvalue weighted by Crippen LogP contribution is -2.39. The lowest BCUT2D eigenvalue weighted by molar-refractivity contribution is 0.104. The largest absolute Gasteiger partial charge is 0.380 e. The Bertz CT molecular complexity index is 398. The predicted octanol–water partition coefficient (Wildman–Crippen LogP) is 4.30. The van der Waals surface area contributed by atoms with Crippen molar-refractivity contribution >= 4 is 15.9 Å². The normalized spacial score (nSPS) is 14.7. The summed E-state index contributed by atoms with van der Waals surface area (Å²) in [7, 11) is 0. The van der Waals surface area contributed by atoms with Crippen molar-refractivity contribution in [3.63, 3.8) is 0 Å². The van der Waals surface area contributed by atoms with E-state index in [4.69, 9.17) is 4.74 Å². The molecule has 4 heteroatoms. The molecule has 19 heavy (non-hydrogen) atoms. The van der Waals surface area contributed by atoms with Gasteiger partial charge in [0.05, 0.1) is 6.61 Å². The van der Waals surface area contributed by atoms with Gasteiger partial charge in [-0.3, -0.25) is 0 Å².